The Hall–Kier alpha value is -3.60. The van der Waals surface area contributed by atoms with E-state index in [-0.39, 0.29) is 19.4 Å². The number of alkyl carbamates (subject to hydrolysis) is 3. The molecule has 3 rings (SSSR count). The van der Waals surface area contributed by atoms with Crippen molar-refractivity contribution in [3.05, 3.63) is 0 Å². The molecule has 61 heavy (non-hydrogen) atoms. The van der Waals surface area contributed by atoms with E-state index in [2.05, 4.69) is 27.2 Å². The third kappa shape index (κ3) is 15.6. The zero-order chi connectivity index (χ0) is 46.2. The van der Waals surface area contributed by atoms with E-state index in [0.29, 0.717) is 12.8 Å². The standard InChI is InChI=1S/C39H66N4O18/c1-11-12-13-14-22(45)40-16-20-25(47)27(49)28(50)33(55-20)58-31-19(42-35(53)60-38(5,6)7)15-18(41-34(52)59-37(2,3)4)30(29(31)51)57-32-26(48)23(24(46)21(17-44)56-32)43-36(54)61-39(8,9)10/h1,18-21,23-33,44,46-51H,12-17H2,2-10H3,(H,40,45)(H,41,52)(H,42,53)(H,43,54)/t18-,19?,20?,21-,23?,24+,25-,26?,27+,28?,29?,30-,31-,32+,33-/m1/s1. The van der Waals surface area contributed by atoms with Gasteiger partial charge < -0.3 is 90.2 Å². The van der Waals surface area contributed by atoms with Crippen LogP contribution in [0.25, 0.3) is 0 Å². The first-order valence-electron chi connectivity index (χ1n) is 20.1. The van der Waals surface area contributed by atoms with Crippen LogP contribution >= 0.6 is 0 Å². The molecule has 15 atom stereocenters. The van der Waals surface area contributed by atoms with Crippen molar-refractivity contribution in [2.75, 3.05) is 13.2 Å². The van der Waals surface area contributed by atoms with Crippen molar-refractivity contribution in [3.8, 4) is 12.3 Å². The fourth-order valence-corrected chi connectivity index (χ4v) is 6.73. The van der Waals surface area contributed by atoms with Crippen LogP contribution in [0.15, 0.2) is 0 Å². The summed E-state index contributed by atoms with van der Waals surface area (Å²) in [5.74, 6) is 1.98. The number of hydrogen-bond acceptors (Lipinski definition) is 18. The van der Waals surface area contributed by atoms with Crippen molar-refractivity contribution >= 4 is 24.2 Å². The molecule has 4 amide bonds. The van der Waals surface area contributed by atoms with Gasteiger partial charge in [-0.25, -0.2) is 14.4 Å². The van der Waals surface area contributed by atoms with Crippen LogP contribution in [0.5, 0.6) is 0 Å². The maximum atomic E-state index is 13.2. The summed E-state index contributed by atoms with van der Waals surface area (Å²) in [4.78, 5) is 51.6. The Kier molecular flexibility index (Phi) is 18.4. The van der Waals surface area contributed by atoms with Crippen LogP contribution in [0.3, 0.4) is 0 Å². The van der Waals surface area contributed by atoms with E-state index in [1.807, 2.05) is 0 Å². The molecule has 350 valence electrons. The van der Waals surface area contributed by atoms with E-state index < -0.39 is 139 Å². The lowest BCUT2D eigenvalue weighted by Crippen LogP contribution is -2.70. The van der Waals surface area contributed by atoms with Crippen molar-refractivity contribution in [3.63, 3.8) is 0 Å². The maximum Gasteiger partial charge on any atom is 0.408 e. The van der Waals surface area contributed by atoms with Crippen LogP contribution in [0, 0.1) is 12.3 Å². The zero-order valence-electron chi connectivity index (χ0n) is 36.1. The van der Waals surface area contributed by atoms with Gasteiger partial charge in [0.15, 0.2) is 12.6 Å². The minimum Gasteiger partial charge on any atom is -0.444 e. The molecule has 22 heteroatoms. The lowest BCUT2D eigenvalue weighted by atomic mass is 9.83. The minimum atomic E-state index is -1.99. The number of carbonyl (C=O) groups excluding carboxylic acids is 4. The van der Waals surface area contributed by atoms with E-state index >= 15 is 0 Å². The smallest absolute Gasteiger partial charge is 0.408 e. The second-order valence-electron chi connectivity index (χ2n) is 18.2. The molecule has 2 saturated heterocycles. The fraction of sp³-hybridized carbons (Fsp3) is 0.846. The molecule has 6 unspecified atom stereocenters. The van der Waals surface area contributed by atoms with Crippen LogP contribution in [-0.2, 0) is 38.0 Å². The maximum absolute atomic E-state index is 13.2. The van der Waals surface area contributed by atoms with Gasteiger partial charge >= 0.3 is 18.3 Å². The van der Waals surface area contributed by atoms with Crippen LogP contribution in [0.1, 0.15) is 88.0 Å². The first-order chi connectivity index (χ1) is 28.1. The number of unbranched alkanes of at least 4 members (excludes halogenated alkanes) is 1. The molecule has 3 fully saturated rings. The minimum absolute atomic E-state index is 0.0551. The lowest BCUT2D eigenvalue weighted by Gasteiger charge is -2.49. The van der Waals surface area contributed by atoms with Crippen molar-refractivity contribution in [1.82, 2.24) is 21.3 Å². The SMILES string of the molecule is C#CCCCC(=O)NCC1O[C@H](O[C@@H]2C(NC(=O)OC(C)(C)C)C[C@@H](NC(=O)OC(C)(C)C)[C@@H](O[C@@H]3O[C@H](CO)[C@H](O)C(NC(=O)OC(C)(C)C)C3O)C2O)C(O)[C@@H](O)[C@@H]1O. The number of rotatable bonds is 13. The third-order valence-electron chi connectivity index (χ3n) is 9.42. The van der Waals surface area contributed by atoms with E-state index in [9.17, 15) is 54.9 Å². The molecule has 0 aromatic rings. The summed E-state index contributed by atoms with van der Waals surface area (Å²) >= 11 is 0. The number of hydrogen-bond donors (Lipinski definition) is 11. The van der Waals surface area contributed by atoms with Crippen molar-refractivity contribution in [2.45, 2.75) is 197 Å². The van der Waals surface area contributed by atoms with Gasteiger partial charge in [-0.2, -0.15) is 0 Å². The monoisotopic (exact) mass is 878 g/mol. The largest absolute Gasteiger partial charge is 0.444 e. The molecule has 0 aromatic heterocycles. The number of carbonyl (C=O) groups is 4. The van der Waals surface area contributed by atoms with Gasteiger partial charge in [0.25, 0.3) is 0 Å². The Bertz CT molecular complexity index is 1510. The van der Waals surface area contributed by atoms with E-state index in [1.54, 1.807) is 62.3 Å². The number of ether oxygens (including phenoxy) is 7. The number of aliphatic hydroxyl groups is 7. The first-order valence-corrected chi connectivity index (χ1v) is 20.1. The van der Waals surface area contributed by atoms with E-state index in [4.69, 9.17) is 39.6 Å². The highest BCUT2D eigenvalue weighted by molar-refractivity contribution is 5.75. The summed E-state index contributed by atoms with van der Waals surface area (Å²) in [5, 5.41) is 87.5. The van der Waals surface area contributed by atoms with Crippen LogP contribution in [0.2, 0.25) is 0 Å². The molecule has 0 bridgehead atoms. The number of nitrogens with one attached hydrogen (secondary N) is 4. The fourth-order valence-electron chi connectivity index (χ4n) is 6.73. The topological polar surface area (TPSA) is 323 Å². The zero-order valence-corrected chi connectivity index (χ0v) is 36.1. The molecule has 11 N–H and O–H groups in total. The molecule has 2 heterocycles. The summed E-state index contributed by atoms with van der Waals surface area (Å²) in [6.07, 6.45) is -18.5. The highest BCUT2D eigenvalue weighted by Gasteiger charge is 2.54. The number of terminal acetylenes is 1. The molecular formula is C39H66N4O18. The van der Waals surface area contributed by atoms with E-state index in [1.165, 1.54) is 0 Å². The molecule has 2 aliphatic heterocycles. The Labute approximate surface area is 355 Å². The van der Waals surface area contributed by atoms with Gasteiger partial charge in [0.05, 0.1) is 24.7 Å². The van der Waals surface area contributed by atoms with Gasteiger partial charge in [0.2, 0.25) is 5.91 Å². The molecular weight excluding hydrogens is 812 g/mol. The average Bonchev–Trinajstić information content (AvgIpc) is 3.11. The quantitative estimate of drug-likeness (QED) is 0.0562. The molecule has 1 aliphatic carbocycles. The van der Waals surface area contributed by atoms with Gasteiger partial charge in [-0.15, -0.1) is 12.3 Å². The number of amides is 4. The second kappa shape index (κ2) is 21.7. The Balaban J connectivity index is 2.03. The lowest BCUT2D eigenvalue weighted by molar-refractivity contribution is -0.334. The first kappa shape index (κ1) is 51.7. The molecule has 0 aromatic carbocycles. The normalized spacial score (nSPS) is 34.6. The van der Waals surface area contributed by atoms with Crippen LogP contribution in [-0.4, -0.2) is 182 Å². The number of aliphatic hydroxyl groups excluding tert-OH is 7. The Morgan fingerprint density at radius 1 is 0.639 bits per heavy atom. The summed E-state index contributed by atoms with van der Waals surface area (Å²) in [6, 6.07) is -4.24. The highest BCUT2D eigenvalue weighted by atomic mass is 16.7. The molecule has 1 saturated carbocycles. The van der Waals surface area contributed by atoms with E-state index in [0.717, 1.165) is 0 Å². The van der Waals surface area contributed by atoms with Crippen molar-refractivity contribution < 1.29 is 88.1 Å². The predicted molar refractivity (Wildman–Crippen MR) is 210 cm³/mol. The van der Waals surface area contributed by atoms with Crippen molar-refractivity contribution in [2.24, 2.45) is 0 Å². The predicted octanol–water partition coefficient (Wildman–Crippen LogP) is -1.63. The average molecular weight is 879 g/mol. The summed E-state index contributed by atoms with van der Waals surface area (Å²) in [6.45, 7) is 13.1. The van der Waals surface area contributed by atoms with Crippen molar-refractivity contribution in [1.29, 1.82) is 0 Å². The van der Waals surface area contributed by atoms with Gasteiger partial charge in [-0.05, 0) is 75.2 Å². The summed E-state index contributed by atoms with van der Waals surface area (Å²) in [7, 11) is 0. The molecule has 0 spiro atoms. The Morgan fingerprint density at radius 3 is 1.56 bits per heavy atom. The van der Waals surface area contributed by atoms with Gasteiger partial charge in [0, 0.05) is 19.4 Å². The Morgan fingerprint density at radius 2 is 1.10 bits per heavy atom. The molecule has 3 aliphatic rings. The second-order valence-corrected chi connectivity index (χ2v) is 18.2. The third-order valence-corrected chi connectivity index (χ3v) is 9.42. The van der Waals surface area contributed by atoms with Gasteiger partial charge in [-0.1, -0.05) is 0 Å². The van der Waals surface area contributed by atoms with Gasteiger partial charge in [0.1, 0.15) is 77.8 Å². The molecule has 0 radical (unpaired) electrons. The highest BCUT2D eigenvalue weighted by Crippen LogP contribution is 2.33. The summed E-state index contributed by atoms with van der Waals surface area (Å²) in [5.41, 5.74) is -3.01. The summed E-state index contributed by atoms with van der Waals surface area (Å²) < 4.78 is 40.0. The van der Waals surface area contributed by atoms with Crippen LogP contribution in [0.4, 0.5) is 14.4 Å². The molecule has 22 nitrogen and oxygen atoms in total. The van der Waals surface area contributed by atoms with Crippen LogP contribution < -0.4 is 21.3 Å². The van der Waals surface area contributed by atoms with Gasteiger partial charge in [-0.3, -0.25) is 4.79 Å².